The molecule has 1 aromatic carbocycles. The van der Waals surface area contributed by atoms with Crippen LogP contribution in [0, 0.1) is 12.7 Å². The van der Waals surface area contributed by atoms with E-state index in [0.717, 1.165) is 12.8 Å². The van der Waals surface area contributed by atoms with Crippen molar-refractivity contribution in [3.8, 4) is 0 Å². The van der Waals surface area contributed by atoms with Crippen molar-refractivity contribution >= 4 is 10.0 Å². The number of hydrogen-bond donors (Lipinski definition) is 1. The summed E-state index contributed by atoms with van der Waals surface area (Å²) < 4.78 is 39.7. The van der Waals surface area contributed by atoms with Crippen LogP contribution in [0.2, 0.25) is 0 Å². The van der Waals surface area contributed by atoms with Gasteiger partial charge in [-0.3, -0.25) is 0 Å². The van der Waals surface area contributed by atoms with Crippen LogP contribution in [0.4, 0.5) is 4.39 Å². The average molecular weight is 286 g/mol. The van der Waals surface area contributed by atoms with Gasteiger partial charge in [-0.25, -0.2) is 12.8 Å². The third kappa shape index (κ3) is 2.96. The number of sulfonamides is 1. The highest BCUT2D eigenvalue weighted by molar-refractivity contribution is 7.89. The van der Waals surface area contributed by atoms with E-state index in [9.17, 15) is 12.8 Å². The second kappa shape index (κ2) is 5.56. The Hall–Kier alpha value is -0.980. The van der Waals surface area contributed by atoms with Crippen LogP contribution < -0.4 is 5.32 Å². The molecule has 6 heteroatoms. The van der Waals surface area contributed by atoms with Crippen LogP contribution in [0.1, 0.15) is 18.4 Å². The Bertz CT molecular complexity index is 560. The van der Waals surface area contributed by atoms with E-state index in [1.807, 2.05) is 7.05 Å². The Labute approximate surface area is 113 Å². The van der Waals surface area contributed by atoms with E-state index in [0.29, 0.717) is 18.7 Å². The molecule has 0 aromatic heterocycles. The first kappa shape index (κ1) is 14.4. The molecule has 0 amide bonds. The van der Waals surface area contributed by atoms with Crippen molar-refractivity contribution in [2.75, 3.05) is 20.1 Å². The van der Waals surface area contributed by atoms with Crippen LogP contribution in [0.3, 0.4) is 0 Å². The number of halogens is 1. The number of nitrogens with one attached hydrogen (secondary N) is 1. The van der Waals surface area contributed by atoms with Crippen LogP contribution in [0.15, 0.2) is 23.1 Å². The van der Waals surface area contributed by atoms with E-state index in [1.165, 1.54) is 22.5 Å². The monoisotopic (exact) mass is 286 g/mol. The van der Waals surface area contributed by atoms with E-state index in [-0.39, 0.29) is 10.9 Å². The summed E-state index contributed by atoms with van der Waals surface area (Å²) in [6.45, 7) is 2.61. The van der Waals surface area contributed by atoms with Gasteiger partial charge in [0.05, 0.1) is 4.90 Å². The number of benzene rings is 1. The molecule has 0 unspecified atom stereocenters. The third-order valence-corrected chi connectivity index (χ3v) is 5.57. The van der Waals surface area contributed by atoms with Crippen LogP contribution in [-0.4, -0.2) is 38.9 Å². The molecule has 1 aromatic rings. The van der Waals surface area contributed by atoms with Crippen molar-refractivity contribution in [2.24, 2.45) is 0 Å². The van der Waals surface area contributed by atoms with Crippen LogP contribution in [0.5, 0.6) is 0 Å². The maximum Gasteiger partial charge on any atom is 0.243 e. The molecule has 0 aliphatic carbocycles. The fraction of sp³-hybridized carbons (Fsp3) is 0.538. The van der Waals surface area contributed by atoms with Crippen molar-refractivity contribution in [1.82, 2.24) is 9.62 Å². The molecule has 106 valence electrons. The largest absolute Gasteiger partial charge is 0.316 e. The van der Waals surface area contributed by atoms with Crippen molar-refractivity contribution in [2.45, 2.75) is 30.7 Å². The fourth-order valence-electron chi connectivity index (χ4n) is 2.44. The van der Waals surface area contributed by atoms with Gasteiger partial charge in [0.25, 0.3) is 0 Å². The van der Waals surface area contributed by atoms with Gasteiger partial charge in [0.15, 0.2) is 0 Å². The zero-order valence-corrected chi connectivity index (χ0v) is 12.0. The fourth-order valence-corrected chi connectivity index (χ4v) is 4.17. The Morgan fingerprint density at radius 3 is 2.79 bits per heavy atom. The molecule has 4 nitrogen and oxygen atoms in total. The van der Waals surface area contributed by atoms with E-state index >= 15 is 0 Å². The first-order chi connectivity index (χ1) is 8.95. The number of aryl methyl sites for hydroxylation is 1. The molecule has 0 spiro atoms. The van der Waals surface area contributed by atoms with E-state index in [2.05, 4.69) is 5.32 Å². The Morgan fingerprint density at radius 2 is 2.16 bits per heavy atom. The Balaban J connectivity index is 2.31. The molecule has 2 rings (SSSR count). The van der Waals surface area contributed by atoms with Crippen molar-refractivity contribution in [3.63, 3.8) is 0 Å². The lowest BCUT2D eigenvalue weighted by Crippen LogP contribution is -2.46. The summed E-state index contributed by atoms with van der Waals surface area (Å²) in [5, 5.41) is 3.12. The number of likely N-dealkylation sites (N-methyl/N-ethyl adjacent to an activating group) is 1. The number of rotatable bonds is 3. The molecule has 1 aliphatic heterocycles. The zero-order valence-electron chi connectivity index (χ0n) is 11.2. The van der Waals surface area contributed by atoms with Crippen molar-refractivity contribution in [1.29, 1.82) is 0 Å². The second-order valence-electron chi connectivity index (χ2n) is 4.90. The normalized spacial score (nSPS) is 21.5. The summed E-state index contributed by atoms with van der Waals surface area (Å²) in [6, 6.07) is 3.98. The molecule has 1 aliphatic rings. The van der Waals surface area contributed by atoms with Gasteiger partial charge in [-0.15, -0.1) is 0 Å². The first-order valence-electron chi connectivity index (χ1n) is 6.38. The van der Waals surface area contributed by atoms with E-state index in [1.54, 1.807) is 6.92 Å². The summed E-state index contributed by atoms with van der Waals surface area (Å²) in [7, 11) is -1.69. The highest BCUT2D eigenvalue weighted by Gasteiger charge is 2.30. The summed E-state index contributed by atoms with van der Waals surface area (Å²) in [5.41, 5.74) is 0.451. The molecule has 0 bridgehead atoms. The van der Waals surface area contributed by atoms with Gasteiger partial charge in [0, 0.05) is 19.1 Å². The molecule has 1 saturated heterocycles. The summed E-state index contributed by atoms with van der Waals surface area (Å²) in [4.78, 5) is 0.200. The quantitative estimate of drug-likeness (QED) is 0.916. The van der Waals surface area contributed by atoms with Gasteiger partial charge < -0.3 is 5.32 Å². The van der Waals surface area contributed by atoms with Gasteiger partial charge in [-0.2, -0.15) is 4.31 Å². The first-order valence-corrected chi connectivity index (χ1v) is 7.82. The van der Waals surface area contributed by atoms with Gasteiger partial charge in [0.1, 0.15) is 5.82 Å². The van der Waals surface area contributed by atoms with Gasteiger partial charge in [0.2, 0.25) is 10.0 Å². The lowest BCUT2D eigenvalue weighted by molar-refractivity contribution is 0.292. The Kier molecular flexibility index (Phi) is 4.23. The van der Waals surface area contributed by atoms with E-state index in [4.69, 9.17) is 0 Å². The highest BCUT2D eigenvalue weighted by atomic mass is 32.2. The zero-order chi connectivity index (χ0) is 14.0. The summed E-state index contributed by atoms with van der Waals surface area (Å²) in [6.07, 6.45) is 1.82. The van der Waals surface area contributed by atoms with Crippen LogP contribution >= 0.6 is 0 Å². The molecular formula is C13H19FN2O2S. The maximum absolute atomic E-state index is 13.1. The van der Waals surface area contributed by atoms with E-state index < -0.39 is 15.8 Å². The molecule has 0 radical (unpaired) electrons. The average Bonchev–Trinajstić information content (AvgIpc) is 2.38. The molecule has 1 fully saturated rings. The number of piperidine rings is 1. The minimum Gasteiger partial charge on any atom is -0.316 e. The van der Waals surface area contributed by atoms with Gasteiger partial charge >= 0.3 is 0 Å². The lowest BCUT2D eigenvalue weighted by Gasteiger charge is -2.32. The number of hydrogen-bond acceptors (Lipinski definition) is 3. The SMILES string of the molecule is CN[C@H]1CCCN(S(=O)(=O)c2ccc(F)cc2C)C1. The molecule has 1 atom stereocenters. The van der Waals surface area contributed by atoms with Gasteiger partial charge in [-0.1, -0.05) is 0 Å². The predicted octanol–water partition coefficient (Wildman–Crippen LogP) is 1.51. The third-order valence-electron chi connectivity index (χ3n) is 3.55. The smallest absolute Gasteiger partial charge is 0.243 e. The lowest BCUT2D eigenvalue weighted by atomic mass is 10.1. The molecular weight excluding hydrogens is 267 g/mol. The second-order valence-corrected chi connectivity index (χ2v) is 6.81. The summed E-state index contributed by atoms with van der Waals surface area (Å²) in [5.74, 6) is -0.414. The topological polar surface area (TPSA) is 49.4 Å². The number of nitrogens with zero attached hydrogens (tertiary/aromatic N) is 1. The molecule has 1 N–H and O–H groups in total. The van der Waals surface area contributed by atoms with Crippen molar-refractivity contribution < 1.29 is 12.8 Å². The standard InChI is InChI=1S/C13H19FN2O2S/c1-10-8-11(14)5-6-13(10)19(17,18)16-7-3-4-12(9-16)15-2/h5-6,8,12,15H,3-4,7,9H2,1-2H3/t12-/m0/s1. The molecule has 1 heterocycles. The van der Waals surface area contributed by atoms with Crippen LogP contribution in [-0.2, 0) is 10.0 Å². The minimum atomic E-state index is -3.53. The minimum absolute atomic E-state index is 0.185. The van der Waals surface area contributed by atoms with Crippen molar-refractivity contribution in [3.05, 3.63) is 29.6 Å². The Morgan fingerprint density at radius 1 is 1.42 bits per heavy atom. The molecule has 19 heavy (non-hydrogen) atoms. The van der Waals surface area contributed by atoms with Gasteiger partial charge in [-0.05, 0) is 50.6 Å². The maximum atomic E-state index is 13.1. The summed E-state index contributed by atoms with van der Waals surface area (Å²) >= 11 is 0. The van der Waals surface area contributed by atoms with Crippen LogP contribution in [0.25, 0.3) is 0 Å². The predicted molar refractivity (Wildman–Crippen MR) is 72.0 cm³/mol. The molecule has 0 saturated carbocycles. The highest BCUT2D eigenvalue weighted by Crippen LogP contribution is 2.23.